The zero-order valence-electron chi connectivity index (χ0n) is 26.8. The number of aryl methyl sites for hydroxylation is 1. The molecular weight excluding hydrogens is 522 g/mol. The molecule has 6 heteroatoms. The van der Waals surface area contributed by atoms with Gasteiger partial charge in [0.1, 0.15) is 17.7 Å². The van der Waals surface area contributed by atoms with E-state index >= 15 is 0 Å². The highest BCUT2D eigenvalue weighted by molar-refractivity contribution is 5.96. The molecule has 3 aliphatic carbocycles. The van der Waals surface area contributed by atoms with Gasteiger partial charge in [-0.3, -0.25) is 24.7 Å². The number of carbonyl (C=O) groups excluding carboxylic acids is 3. The average molecular weight is 576 g/mol. The lowest BCUT2D eigenvalue weighted by Gasteiger charge is -2.38. The second-order valence-electron chi connectivity index (χ2n) is 13.4. The van der Waals surface area contributed by atoms with Gasteiger partial charge in [-0.1, -0.05) is 58.9 Å². The zero-order valence-corrected chi connectivity index (χ0v) is 26.8. The summed E-state index contributed by atoms with van der Waals surface area (Å²) in [4.78, 5) is 43.4. The first-order valence-corrected chi connectivity index (χ1v) is 16.6. The molecule has 6 nitrogen and oxygen atoms in total. The van der Waals surface area contributed by atoms with Crippen molar-refractivity contribution in [2.45, 2.75) is 129 Å². The van der Waals surface area contributed by atoms with Gasteiger partial charge in [-0.25, -0.2) is 0 Å². The van der Waals surface area contributed by atoms with Crippen LogP contribution < -0.4 is 10.6 Å². The van der Waals surface area contributed by atoms with Crippen LogP contribution in [0.1, 0.15) is 116 Å². The minimum absolute atomic E-state index is 0.0767. The van der Waals surface area contributed by atoms with Crippen LogP contribution in [-0.2, 0) is 19.8 Å². The van der Waals surface area contributed by atoms with Gasteiger partial charge in [0.2, 0.25) is 5.91 Å². The number of Topliss-reactive ketones (excluding diaryl/α,β-unsaturated/α-hetero) is 1. The van der Waals surface area contributed by atoms with E-state index in [1.54, 1.807) is 19.2 Å². The molecule has 2 N–H and O–H groups in total. The Bertz CT molecular complexity index is 1190. The lowest BCUT2D eigenvalue weighted by molar-refractivity contribution is -0.123. The molecule has 1 amide bonds. The van der Waals surface area contributed by atoms with E-state index in [9.17, 15) is 14.4 Å². The van der Waals surface area contributed by atoms with Crippen LogP contribution in [0, 0.1) is 30.6 Å². The Morgan fingerprint density at radius 3 is 2.36 bits per heavy atom. The molecule has 3 fully saturated rings. The number of nitrogens with one attached hydrogen (secondary N) is 2. The number of amides is 1. The first-order valence-electron chi connectivity index (χ1n) is 16.6. The van der Waals surface area contributed by atoms with E-state index in [1.807, 2.05) is 32.9 Å². The normalized spacial score (nSPS) is 28.2. The van der Waals surface area contributed by atoms with Crippen LogP contribution in [0.2, 0.25) is 0 Å². The molecule has 42 heavy (non-hydrogen) atoms. The van der Waals surface area contributed by atoms with Gasteiger partial charge in [-0.05, 0) is 112 Å². The number of allylic oxidation sites excluding steroid dienone is 1. The smallest absolute Gasteiger partial charge is 0.241 e. The van der Waals surface area contributed by atoms with Crippen molar-refractivity contribution in [1.29, 1.82) is 0 Å². The quantitative estimate of drug-likeness (QED) is 0.239. The van der Waals surface area contributed by atoms with Crippen molar-refractivity contribution in [2.75, 3.05) is 5.32 Å². The minimum atomic E-state index is -0.900. The molecule has 0 radical (unpaired) electrons. The summed E-state index contributed by atoms with van der Waals surface area (Å²) in [6.07, 6.45) is 16.4. The number of hydrogen-bond acceptors (Lipinski definition) is 5. The van der Waals surface area contributed by atoms with Gasteiger partial charge in [-0.2, -0.15) is 0 Å². The fourth-order valence-corrected chi connectivity index (χ4v) is 8.03. The van der Waals surface area contributed by atoms with Crippen LogP contribution in [0.3, 0.4) is 0 Å². The Kier molecular flexibility index (Phi) is 10.6. The Balaban J connectivity index is 0.00000198. The second-order valence-corrected chi connectivity index (χ2v) is 13.4. The Labute approximate surface area is 253 Å². The van der Waals surface area contributed by atoms with Crippen LogP contribution in [0.5, 0.6) is 0 Å². The van der Waals surface area contributed by atoms with Crippen molar-refractivity contribution in [1.82, 2.24) is 5.32 Å². The predicted octanol–water partition coefficient (Wildman–Crippen LogP) is 7.49. The van der Waals surface area contributed by atoms with Gasteiger partial charge >= 0.3 is 0 Å². The number of fused-ring (bicyclic) bond motifs is 2. The summed E-state index contributed by atoms with van der Waals surface area (Å²) in [5.41, 5.74) is 2.10. The van der Waals surface area contributed by atoms with Gasteiger partial charge in [0.25, 0.3) is 0 Å². The molecule has 3 saturated carbocycles. The maximum absolute atomic E-state index is 14.0. The summed E-state index contributed by atoms with van der Waals surface area (Å²) < 4.78 is 0. The number of anilines is 1. The monoisotopic (exact) mass is 575 g/mol. The summed E-state index contributed by atoms with van der Waals surface area (Å²) in [5, 5.41) is 6.72. The fraction of sp³-hybridized carbons (Fsp3) is 0.667. The summed E-state index contributed by atoms with van der Waals surface area (Å²) in [7, 11) is 0. The highest BCUT2D eigenvalue weighted by Gasteiger charge is 2.44. The third-order valence-electron chi connectivity index (χ3n) is 10.4. The van der Waals surface area contributed by atoms with Crippen LogP contribution in [-0.4, -0.2) is 35.9 Å². The first-order chi connectivity index (χ1) is 20.2. The number of carbonyl (C=O) groups is 3. The van der Waals surface area contributed by atoms with E-state index in [-0.39, 0.29) is 17.6 Å². The van der Waals surface area contributed by atoms with Crippen LogP contribution in [0.15, 0.2) is 34.8 Å². The standard InChI is InChI=1S/C34H47N3O3.C2H6/c1-5-14-34(23(3)39,15-12-24-6-7-24)30-11-10-29(17-22(30)2)36-32(40)31(27-19-25-8-9-26(18-25)20-27)37-33(4)28(21-38)13-16-35-33;1-2/h10-11,13,16-17,21,24-27,31,37H,5-9,12,14-15,18-20H2,1-4H3,(H,36,40);1-2H3. The maximum Gasteiger partial charge on any atom is 0.241 e. The van der Waals surface area contributed by atoms with Gasteiger partial charge in [0.05, 0.1) is 11.5 Å². The second kappa shape index (κ2) is 13.8. The Morgan fingerprint density at radius 2 is 1.79 bits per heavy atom. The third kappa shape index (κ3) is 6.96. The third-order valence-corrected chi connectivity index (χ3v) is 10.4. The number of rotatable bonds is 13. The molecule has 5 unspecified atom stereocenters. The molecule has 1 aliphatic heterocycles. The lowest BCUT2D eigenvalue weighted by Crippen LogP contribution is -2.56. The molecule has 0 spiro atoms. The molecule has 5 atom stereocenters. The molecule has 5 rings (SSSR count). The van der Waals surface area contributed by atoms with Gasteiger partial charge in [0, 0.05) is 17.5 Å². The number of nitrogens with zero attached hydrogens (tertiary/aromatic N) is 1. The van der Waals surface area contributed by atoms with Gasteiger partial charge in [0.15, 0.2) is 0 Å². The molecule has 4 aliphatic rings. The highest BCUT2D eigenvalue weighted by Crippen LogP contribution is 2.46. The van der Waals surface area contributed by atoms with Crippen LogP contribution in [0.25, 0.3) is 0 Å². The van der Waals surface area contributed by atoms with Crippen molar-refractivity contribution in [2.24, 2.45) is 28.7 Å². The van der Waals surface area contributed by atoms with Crippen LogP contribution >= 0.6 is 0 Å². The van der Waals surface area contributed by atoms with Crippen molar-refractivity contribution in [3.8, 4) is 0 Å². The predicted molar refractivity (Wildman–Crippen MR) is 172 cm³/mol. The number of benzene rings is 1. The molecule has 2 bridgehead atoms. The molecule has 1 aromatic rings. The largest absolute Gasteiger partial charge is 0.325 e. The summed E-state index contributed by atoms with van der Waals surface area (Å²) >= 11 is 0. The van der Waals surface area contributed by atoms with E-state index in [4.69, 9.17) is 0 Å². The van der Waals surface area contributed by atoms with Crippen molar-refractivity contribution in [3.05, 3.63) is 41.0 Å². The summed E-state index contributed by atoms with van der Waals surface area (Å²) in [5.74, 6) is 2.50. The molecule has 1 aromatic carbocycles. The molecule has 0 saturated heterocycles. The van der Waals surface area contributed by atoms with E-state index < -0.39 is 17.1 Å². The number of hydrogen-bond donors (Lipinski definition) is 2. The van der Waals surface area contributed by atoms with E-state index in [1.165, 1.54) is 32.1 Å². The molecule has 0 aromatic heterocycles. The summed E-state index contributed by atoms with van der Waals surface area (Å²) in [6.45, 7) is 11.9. The molecule has 230 valence electrons. The Morgan fingerprint density at radius 1 is 1.10 bits per heavy atom. The zero-order chi connectivity index (χ0) is 30.5. The lowest BCUT2D eigenvalue weighted by atomic mass is 9.69. The van der Waals surface area contributed by atoms with Gasteiger partial charge < -0.3 is 5.32 Å². The van der Waals surface area contributed by atoms with E-state index in [0.29, 0.717) is 17.4 Å². The fourth-order valence-electron chi connectivity index (χ4n) is 8.03. The topological polar surface area (TPSA) is 87.6 Å². The van der Waals surface area contributed by atoms with Crippen molar-refractivity contribution < 1.29 is 14.4 Å². The van der Waals surface area contributed by atoms with Gasteiger partial charge in [-0.15, -0.1) is 0 Å². The van der Waals surface area contributed by atoms with E-state index in [0.717, 1.165) is 67.5 Å². The number of aliphatic imine (C=N–C) groups is 1. The minimum Gasteiger partial charge on any atom is -0.325 e. The molecular formula is C36H53N3O3. The van der Waals surface area contributed by atoms with E-state index in [2.05, 4.69) is 35.5 Å². The SMILES string of the molecule is CC.CCCC(CCC1CC1)(C(C)=O)c1ccc(NC(=O)C(NC2(C)N=CC=C2C=O)C2CC3CCC(C3)C2)cc1C. The van der Waals surface area contributed by atoms with Crippen molar-refractivity contribution in [3.63, 3.8) is 0 Å². The van der Waals surface area contributed by atoms with Crippen molar-refractivity contribution >= 4 is 29.9 Å². The van der Waals surface area contributed by atoms with Crippen LogP contribution in [0.4, 0.5) is 5.69 Å². The highest BCUT2D eigenvalue weighted by atomic mass is 16.2. The number of ketones is 1. The average Bonchev–Trinajstić information content (AvgIpc) is 3.65. The number of aldehydes is 1. The Hall–Kier alpha value is -2.60. The first kappa shape index (κ1) is 32.3. The maximum atomic E-state index is 14.0. The summed E-state index contributed by atoms with van der Waals surface area (Å²) in [6, 6.07) is 5.62. The molecule has 1 heterocycles.